The van der Waals surface area contributed by atoms with E-state index in [0.29, 0.717) is 43.6 Å². The first-order valence-corrected chi connectivity index (χ1v) is 11.0. The van der Waals surface area contributed by atoms with Crippen LogP contribution < -0.4 is 4.74 Å². The van der Waals surface area contributed by atoms with Crippen LogP contribution in [0.5, 0.6) is 5.75 Å². The quantitative estimate of drug-likeness (QED) is 0.429. The molecule has 0 saturated carbocycles. The zero-order valence-electron chi connectivity index (χ0n) is 18.0. The van der Waals surface area contributed by atoms with E-state index < -0.39 is 0 Å². The number of likely N-dealkylation sites (tertiary alicyclic amines) is 1. The van der Waals surface area contributed by atoms with Gasteiger partial charge in [-0.2, -0.15) is 4.98 Å². The Kier molecular flexibility index (Phi) is 5.62. The summed E-state index contributed by atoms with van der Waals surface area (Å²) in [5, 5.41) is 5.22. The average molecular weight is 431 g/mol. The molecule has 2 aromatic heterocycles. The highest BCUT2D eigenvalue weighted by molar-refractivity contribution is 5.86. The predicted octanol–water partition coefficient (Wildman–Crippen LogP) is 4.97. The fourth-order valence-corrected chi connectivity index (χ4v) is 4.19. The molecular formula is C25H25N3O4. The van der Waals surface area contributed by atoms with Gasteiger partial charge in [-0.05, 0) is 38.0 Å². The maximum atomic E-state index is 12.5. The lowest BCUT2D eigenvalue weighted by Gasteiger charge is -2.30. The average Bonchev–Trinajstić information content (AvgIpc) is 3.45. The Labute approximate surface area is 186 Å². The summed E-state index contributed by atoms with van der Waals surface area (Å²) in [4.78, 5) is 19.0. The molecule has 0 spiro atoms. The number of aromatic nitrogens is 2. The van der Waals surface area contributed by atoms with Gasteiger partial charge in [-0.25, -0.2) is 0 Å². The predicted molar refractivity (Wildman–Crippen MR) is 119 cm³/mol. The van der Waals surface area contributed by atoms with Crippen LogP contribution in [0.3, 0.4) is 0 Å². The minimum Gasteiger partial charge on any atom is -0.493 e. The third-order valence-corrected chi connectivity index (χ3v) is 6.01. The van der Waals surface area contributed by atoms with E-state index in [1.807, 2.05) is 66.4 Å². The van der Waals surface area contributed by atoms with Crippen LogP contribution in [0, 0.1) is 6.92 Å². The highest BCUT2D eigenvalue weighted by atomic mass is 16.5. The van der Waals surface area contributed by atoms with Gasteiger partial charge in [-0.15, -0.1) is 0 Å². The lowest BCUT2D eigenvalue weighted by Crippen LogP contribution is -2.38. The Morgan fingerprint density at radius 3 is 2.62 bits per heavy atom. The van der Waals surface area contributed by atoms with Crippen molar-refractivity contribution in [3.63, 3.8) is 0 Å². The van der Waals surface area contributed by atoms with Crippen molar-refractivity contribution in [1.29, 1.82) is 0 Å². The summed E-state index contributed by atoms with van der Waals surface area (Å²) in [6.07, 6.45) is 1.97. The van der Waals surface area contributed by atoms with Gasteiger partial charge in [0.1, 0.15) is 11.3 Å². The molecule has 7 heteroatoms. The third kappa shape index (κ3) is 4.10. The molecule has 7 nitrogen and oxygen atoms in total. The fraction of sp³-hybridized carbons (Fsp3) is 0.320. The Hall–Kier alpha value is -3.61. The zero-order chi connectivity index (χ0) is 21.9. The summed E-state index contributed by atoms with van der Waals surface area (Å²) in [7, 11) is 0. The molecule has 3 heterocycles. The molecule has 4 aromatic rings. The monoisotopic (exact) mass is 431 g/mol. The molecule has 32 heavy (non-hydrogen) atoms. The normalized spacial score (nSPS) is 14.7. The molecule has 0 atom stereocenters. The first-order chi connectivity index (χ1) is 15.7. The van der Waals surface area contributed by atoms with Gasteiger partial charge >= 0.3 is 0 Å². The molecule has 1 saturated heterocycles. The number of aryl methyl sites for hydroxylation is 1. The number of carbonyl (C=O) groups is 1. The van der Waals surface area contributed by atoms with Crippen molar-refractivity contribution in [2.75, 3.05) is 19.7 Å². The molecule has 164 valence electrons. The second kappa shape index (κ2) is 8.86. The number of amides is 1. The van der Waals surface area contributed by atoms with E-state index in [0.717, 1.165) is 35.1 Å². The van der Waals surface area contributed by atoms with Gasteiger partial charge in [0.2, 0.25) is 17.6 Å². The highest BCUT2D eigenvalue weighted by Crippen LogP contribution is 2.33. The largest absolute Gasteiger partial charge is 0.493 e. The fourth-order valence-electron chi connectivity index (χ4n) is 4.19. The summed E-state index contributed by atoms with van der Waals surface area (Å²) >= 11 is 0. The van der Waals surface area contributed by atoms with E-state index in [4.69, 9.17) is 13.7 Å². The lowest BCUT2D eigenvalue weighted by atomic mass is 9.96. The van der Waals surface area contributed by atoms with Gasteiger partial charge in [0.15, 0.2) is 5.76 Å². The van der Waals surface area contributed by atoms with Crippen molar-refractivity contribution in [3.8, 4) is 17.3 Å². The van der Waals surface area contributed by atoms with Gasteiger partial charge in [0, 0.05) is 30.0 Å². The number of nitrogens with zero attached hydrogens (tertiary/aromatic N) is 3. The highest BCUT2D eigenvalue weighted by Gasteiger charge is 2.28. The Balaban J connectivity index is 1.16. The second-order valence-electron chi connectivity index (χ2n) is 8.08. The second-order valence-corrected chi connectivity index (χ2v) is 8.08. The van der Waals surface area contributed by atoms with Gasteiger partial charge in [-0.1, -0.05) is 41.6 Å². The van der Waals surface area contributed by atoms with E-state index in [1.54, 1.807) is 0 Å². The minimum absolute atomic E-state index is 0.114. The van der Waals surface area contributed by atoms with Crippen LogP contribution in [-0.4, -0.2) is 40.6 Å². The van der Waals surface area contributed by atoms with Crippen LogP contribution in [0.25, 0.3) is 22.6 Å². The van der Waals surface area contributed by atoms with Gasteiger partial charge in [-0.3, -0.25) is 4.79 Å². The van der Waals surface area contributed by atoms with E-state index in [9.17, 15) is 4.79 Å². The summed E-state index contributed by atoms with van der Waals surface area (Å²) in [6.45, 7) is 3.74. The van der Waals surface area contributed by atoms with Crippen molar-refractivity contribution < 1.29 is 18.5 Å². The number of hydrogen-bond acceptors (Lipinski definition) is 6. The molecule has 0 aliphatic carbocycles. The van der Waals surface area contributed by atoms with Crippen molar-refractivity contribution in [3.05, 3.63) is 66.1 Å². The third-order valence-electron chi connectivity index (χ3n) is 6.01. The first kappa shape index (κ1) is 20.3. The molecule has 0 radical (unpaired) electrons. The number of piperidine rings is 1. The molecule has 1 aliphatic heterocycles. The SMILES string of the molecule is Cc1c(-c2noc(C3CCN(C(=O)CCOc4ccccc4)CC3)n2)oc2ccccc12. The Morgan fingerprint density at radius 1 is 1.09 bits per heavy atom. The molecule has 1 aliphatic rings. The molecule has 0 bridgehead atoms. The molecular weight excluding hydrogens is 406 g/mol. The number of hydrogen-bond donors (Lipinski definition) is 0. The van der Waals surface area contributed by atoms with Crippen molar-refractivity contribution in [1.82, 2.24) is 15.0 Å². The topological polar surface area (TPSA) is 81.6 Å². The standard InChI is InChI=1S/C25H25N3O4/c1-17-20-9-5-6-10-21(20)31-23(17)24-26-25(32-27-24)18-11-14-28(15-12-18)22(29)13-16-30-19-7-3-2-4-8-19/h2-10,18H,11-16H2,1H3. The number of benzene rings is 2. The molecule has 2 aromatic carbocycles. The zero-order valence-corrected chi connectivity index (χ0v) is 18.0. The van der Waals surface area contributed by atoms with Crippen LogP contribution in [-0.2, 0) is 4.79 Å². The maximum Gasteiger partial charge on any atom is 0.238 e. The van der Waals surface area contributed by atoms with Crippen LogP contribution in [0.2, 0.25) is 0 Å². The van der Waals surface area contributed by atoms with Crippen LogP contribution in [0.15, 0.2) is 63.5 Å². The maximum absolute atomic E-state index is 12.5. The molecule has 0 unspecified atom stereocenters. The molecule has 1 amide bonds. The number of fused-ring (bicyclic) bond motifs is 1. The Bertz CT molecular complexity index is 1210. The number of rotatable bonds is 6. The van der Waals surface area contributed by atoms with E-state index >= 15 is 0 Å². The van der Waals surface area contributed by atoms with Gasteiger partial charge in [0.25, 0.3) is 0 Å². The lowest BCUT2D eigenvalue weighted by molar-refractivity contribution is -0.132. The summed E-state index contributed by atoms with van der Waals surface area (Å²) in [5.41, 5.74) is 1.82. The summed E-state index contributed by atoms with van der Waals surface area (Å²) < 4.78 is 17.2. The number of ether oxygens (including phenoxy) is 1. The van der Waals surface area contributed by atoms with E-state index in [-0.39, 0.29) is 11.8 Å². The smallest absolute Gasteiger partial charge is 0.238 e. The van der Waals surface area contributed by atoms with Crippen LogP contribution >= 0.6 is 0 Å². The van der Waals surface area contributed by atoms with E-state index in [2.05, 4.69) is 10.1 Å². The number of para-hydroxylation sites is 2. The van der Waals surface area contributed by atoms with E-state index in [1.165, 1.54) is 0 Å². The molecule has 5 rings (SSSR count). The van der Waals surface area contributed by atoms with Gasteiger partial charge in [0.05, 0.1) is 13.0 Å². The first-order valence-electron chi connectivity index (χ1n) is 11.0. The molecule has 0 N–H and O–H groups in total. The van der Waals surface area contributed by atoms with Crippen LogP contribution in [0.4, 0.5) is 0 Å². The van der Waals surface area contributed by atoms with Crippen molar-refractivity contribution in [2.45, 2.75) is 32.1 Å². The number of furan rings is 1. The van der Waals surface area contributed by atoms with Crippen LogP contribution in [0.1, 0.15) is 36.6 Å². The summed E-state index contributed by atoms with van der Waals surface area (Å²) in [6, 6.07) is 17.4. The summed E-state index contributed by atoms with van der Waals surface area (Å²) in [5.74, 6) is 2.77. The van der Waals surface area contributed by atoms with Crippen molar-refractivity contribution in [2.24, 2.45) is 0 Å². The number of carbonyl (C=O) groups excluding carboxylic acids is 1. The molecule has 1 fully saturated rings. The Morgan fingerprint density at radius 2 is 1.84 bits per heavy atom. The van der Waals surface area contributed by atoms with Crippen molar-refractivity contribution >= 4 is 16.9 Å². The van der Waals surface area contributed by atoms with Gasteiger partial charge < -0.3 is 18.6 Å². The minimum atomic E-state index is 0.114.